The van der Waals surface area contributed by atoms with Crippen LogP contribution in [0, 0.1) is 6.92 Å². The van der Waals surface area contributed by atoms with Crippen molar-refractivity contribution in [3.8, 4) is 28.9 Å². The Bertz CT molecular complexity index is 1540. The maximum absolute atomic E-state index is 13.0. The lowest BCUT2D eigenvalue weighted by Gasteiger charge is -2.28. The van der Waals surface area contributed by atoms with Crippen LogP contribution in [-0.2, 0) is 4.74 Å². The van der Waals surface area contributed by atoms with Crippen LogP contribution in [0.2, 0.25) is 0 Å². The quantitative estimate of drug-likeness (QED) is 0.209. The first-order valence-corrected chi connectivity index (χ1v) is 13.6. The van der Waals surface area contributed by atoms with Crippen LogP contribution in [0.3, 0.4) is 0 Å². The van der Waals surface area contributed by atoms with Crippen molar-refractivity contribution in [1.29, 1.82) is 0 Å². The van der Waals surface area contributed by atoms with E-state index < -0.39 is 6.03 Å². The number of benzene rings is 3. The van der Waals surface area contributed by atoms with Gasteiger partial charge in [-0.3, -0.25) is 0 Å². The lowest BCUT2D eigenvalue weighted by atomic mass is 10.2. The van der Waals surface area contributed by atoms with E-state index in [2.05, 4.69) is 30.8 Å². The minimum atomic E-state index is -0.543. The molecule has 1 aromatic heterocycles. The average Bonchev–Trinajstić information content (AvgIpc) is 3.03. The first kappa shape index (κ1) is 29.3. The third-order valence-electron chi connectivity index (χ3n) is 6.64. The van der Waals surface area contributed by atoms with Crippen molar-refractivity contribution in [3.05, 3.63) is 72.4 Å². The molecule has 1 fully saturated rings. The molecular weight excluding hydrogens is 552 g/mol. The van der Waals surface area contributed by atoms with Gasteiger partial charge in [0, 0.05) is 48.4 Å². The fraction of sp³-hybridized carbons (Fsp3) is 0.258. The summed E-state index contributed by atoms with van der Waals surface area (Å²) in [5.41, 5.74) is 3.62. The number of anilines is 5. The van der Waals surface area contributed by atoms with Crippen molar-refractivity contribution in [1.82, 2.24) is 9.97 Å². The molecule has 0 atom stereocenters. The molecule has 1 aliphatic rings. The number of carbonyl (C=O) groups is 1. The van der Waals surface area contributed by atoms with Gasteiger partial charge in [0.25, 0.3) is 0 Å². The van der Waals surface area contributed by atoms with E-state index in [-0.39, 0.29) is 17.5 Å². The number of aromatic nitrogens is 2. The molecule has 0 radical (unpaired) electrons. The van der Waals surface area contributed by atoms with Gasteiger partial charge in [0.2, 0.25) is 11.8 Å². The number of hydrogen-bond donors (Lipinski definition) is 3. The number of nitrogens with one attached hydrogen (secondary N) is 3. The summed E-state index contributed by atoms with van der Waals surface area (Å²) in [4.78, 5) is 24.3. The highest BCUT2D eigenvalue weighted by atomic mass is 16.5. The molecule has 2 heterocycles. The number of hydrogen-bond acceptors (Lipinski definition) is 10. The molecule has 0 bridgehead atoms. The number of amides is 2. The third-order valence-corrected chi connectivity index (χ3v) is 6.64. The smallest absolute Gasteiger partial charge is 0.323 e. The molecule has 12 nitrogen and oxygen atoms in total. The van der Waals surface area contributed by atoms with Gasteiger partial charge >= 0.3 is 6.03 Å². The summed E-state index contributed by atoms with van der Waals surface area (Å²) in [7, 11) is 4.63. The van der Waals surface area contributed by atoms with Gasteiger partial charge in [-0.1, -0.05) is 6.07 Å². The van der Waals surface area contributed by atoms with Gasteiger partial charge in [0.05, 0.1) is 40.7 Å². The van der Waals surface area contributed by atoms with E-state index in [1.807, 2.05) is 43.3 Å². The topological polar surface area (TPSA) is 128 Å². The van der Waals surface area contributed by atoms with E-state index in [0.717, 1.165) is 30.0 Å². The number of urea groups is 1. The Morgan fingerprint density at radius 3 is 2.23 bits per heavy atom. The second kappa shape index (κ2) is 13.6. The molecule has 3 aromatic carbocycles. The van der Waals surface area contributed by atoms with Crippen LogP contribution in [0.5, 0.6) is 28.9 Å². The molecule has 43 heavy (non-hydrogen) atoms. The van der Waals surface area contributed by atoms with Crippen LogP contribution in [0.1, 0.15) is 5.56 Å². The molecule has 3 N–H and O–H groups in total. The Morgan fingerprint density at radius 2 is 1.56 bits per heavy atom. The predicted molar refractivity (Wildman–Crippen MR) is 165 cm³/mol. The van der Waals surface area contributed by atoms with E-state index in [1.54, 1.807) is 31.4 Å². The lowest BCUT2D eigenvalue weighted by molar-refractivity contribution is 0.122. The first-order chi connectivity index (χ1) is 20.9. The van der Waals surface area contributed by atoms with E-state index in [4.69, 9.17) is 23.7 Å². The Morgan fingerprint density at radius 1 is 0.837 bits per heavy atom. The molecule has 4 aromatic rings. The lowest BCUT2D eigenvalue weighted by Crippen LogP contribution is -2.36. The summed E-state index contributed by atoms with van der Waals surface area (Å²) in [5.74, 6) is 2.40. The van der Waals surface area contributed by atoms with Crippen LogP contribution >= 0.6 is 0 Å². The maximum atomic E-state index is 13.0. The second-order valence-electron chi connectivity index (χ2n) is 9.62. The summed E-state index contributed by atoms with van der Waals surface area (Å²) in [6.45, 7) is 5.09. The van der Waals surface area contributed by atoms with Crippen molar-refractivity contribution >= 4 is 34.7 Å². The largest absolute Gasteiger partial charge is 0.497 e. The number of methoxy groups -OCH3 is 3. The Labute approximate surface area is 249 Å². The van der Waals surface area contributed by atoms with Gasteiger partial charge in [0.15, 0.2) is 11.5 Å². The standard InChI is InChI=1S/C31H34N6O6/c1-20-5-10-27(28(15-20)41-4)43-29-26(35-31(38)34-22-16-24(39-2)18-25(17-22)40-3)19-32-30(36-29)33-21-6-8-23(9-7-21)37-11-13-42-14-12-37/h5-10,15-19H,11-14H2,1-4H3,(H,32,33,36)(H2,34,35,38). The summed E-state index contributed by atoms with van der Waals surface area (Å²) < 4.78 is 27.7. The number of ether oxygens (including phenoxy) is 5. The molecule has 5 rings (SSSR count). The maximum Gasteiger partial charge on any atom is 0.323 e. The van der Waals surface area contributed by atoms with Gasteiger partial charge in [0.1, 0.15) is 17.2 Å². The predicted octanol–water partition coefficient (Wildman–Crippen LogP) is 5.83. The van der Waals surface area contributed by atoms with Gasteiger partial charge in [-0.05, 0) is 48.9 Å². The van der Waals surface area contributed by atoms with E-state index in [9.17, 15) is 4.79 Å². The number of morpholine rings is 1. The molecule has 2 amide bonds. The Hall–Kier alpha value is -5.23. The molecule has 0 aliphatic carbocycles. The Balaban J connectivity index is 1.38. The summed E-state index contributed by atoms with van der Waals surface area (Å²) in [6, 6.07) is 18.0. The van der Waals surface area contributed by atoms with Crippen molar-refractivity contribution < 1.29 is 28.5 Å². The monoisotopic (exact) mass is 586 g/mol. The number of carbonyl (C=O) groups excluding carboxylic acids is 1. The number of aryl methyl sites for hydroxylation is 1. The molecule has 12 heteroatoms. The molecule has 1 saturated heterocycles. The molecule has 0 unspecified atom stereocenters. The molecule has 0 saturated carbocycles. The van der Waals surface area contributed by atoms with E-state index in [1.165, 1.54) is 20.4 Å². The van der Waals surface area contributed by atoms with E-state index >= 15 is 0 Å². The highest BCUT2D eigenvalue weighted by molar-refractivity contribution is 6.00. The van der Waals surface area contributed by atoms with Crippen molar-refractivity contribution in [3.63, 3.8) is 0 Å². The van der Waals surface area contributed by atoms with Crippen LogP contribution in [0.25, 0.3) is 0 Å². The second-order valence-corrected chi connectivity index (χ2v) is 9.62. The zero-order chi connectivity index (χ0) is 30.2. The molecule has 1 aliphatic heterocycles. The third kappa shape index (κ3) is 7.54. The van der Waals surface area contributed by atoms with Crippen molar-refractivity contribution in [2.24, 2.45) is 0 Å². The SMILES string of the molecule is COc1cc(NC(=O)Nc2cnc(Nc3ccc(N4CCOCC4)cc3)nc2Oc2ccc(C)cc2OC)cc(OC)c1. The average molecular weight is 587 g/mol. The summed E-state index contributed by atoms with van der Waals surface area (Å²) in [5, 5.41) is 8.76. The normalized spacial score (nSPS) is 12.7. The van der Waals surface area contributed by atoms with Crippen molar-refractivity contribution in [2.45, 2.75) is 6.92 Å². The van der Waals surface area contributed by atoms with Gasteiger partial charge in [-0.25, -0.2) is 9.78 Å². The minimum absolute atomic E-state index is 0.114. The van der Waals surface area contributed by atoms with Crippen LogP contribution in [0.15, 0.2) is 66.9 Å². The van der Waals surface area contributed by atoms with Crippen molar-refractivity contribution in [2.75, 3.05) is 68.5 Å². The highest BCUT2D eigenvalue weighted by Crippen LogP contribution is 2.35. The number of nitrogens with zero attached hydrogens (tertiary/aromatic N) is 3. The van der Waals surface area contributed by atoms with Crippen LogP contribution in [-0.4, -0.2) is 63.6 Å². The highest BCUT2D eigenvalue weighted by Gasteiger charge is 2.17. The first-order valence-electron chi connectivity index (χ1n) is 13.6. The van der Waals surface area contributed by atoms with E-state index in [0.29, 0.717) is 41.9 Å². The van der Waals surface area contributed by atoms with Gasteiger partial charge in [-0.2, -0.15) is 4.98 Å². The summed E-state index contributed by atoms with van der Waals surface area (Å²) in [6.07, 6.45) is 1.47. The fourth-order valence-electron chi connectivity index (χ4n) is 4.42. The van der Waals surface area contributed by atoms with Crippen LogP contribution < -0.4 is 39.8 Å². The zero-order valence-corrected chi connectivity index (χ0v) is 24.5. The molecule has 224 valence electrons. The fourth-order valence-corrected chi connectivity index (χ4v) is 4.42. The molecular formula is C31H34N6O6. The van der Waals surface area contributed by atoms with Gasteiger partial charge in [-0.15, -0.1) is 0 Å². The molecule has 0 spiro atoms. The Kier molecular flexibility index (Phi) is 9.27. The number of rotatable bonds is 10. The zero-order valence-electron chi connectivity index (χ0n) is 24.5. The summed E-state index contributed by atoms with van der Waals surface area (Å²) >= 11 is 0. The minimum Gasteiger partial charge on any atom is -0.497 e. The van der Waals surface area contributed by atoms with Gasteiger partial charge < -0.3 is 44.5 Å². The van der Waals surface area contributed by atoms with Crippen LogP contribution in [0.4, 0.5) is 33.5 Å².